The summed E-state index contributed by atoms with van der Waals surface area (Å²) in [7, 11) is 0. The summed E-state index contributed by atoms with van der Waals surface area (Å²) in [6.07, 6.45) is 41.1. The van der Waals surface area contributed by atoms with E-state index in [1.165, 1.54) is 173 Å². The monoisotopic (exact) mass is 940 g/mol. The van der Waals surface area contributed by atoms with Crippen LogP contribution in [0, 0.1) is 0 Å². The fourth-order valence-corrected chi connectivity index (χ4v) is 8.91. The normalized spacial score (nSPS) is 20.9. The number of nitrogens with one attached hydrogen (secondary N) is 1. The third-order valence-corrected chi connectivity index (χ3v) is 13.5. The van der Waals surface area contributed by atoms with E-state index >= 15 is 0 Å². The van der Waals surface area contributed by atoms with Gasteiger partial charge < -0.3 is 50.5 Å². The Balaban J connectivity index is 2.30. The maximum atomic E-state index is 13.1. The van der Waals surface area contributed by atoms with Crippen molar-refractivity contribution in [2.24, 2.45) is 0 Å². The lowest BCUT2D eigenvalue weighted by molar-refractivity contribution is -0.303. The highest BCUT2D eigenvalue weighted by molar-refractivity contribution is 5.80. The molecule has 11 heteroatoms. The molecule has 0 aliphatic carbocycles. The number of aliphatic hydroxyl groups excluding tert-OH is 7. The van der Waals surface area contributed by atoms with E-state index in [2.05, 4.69) is 43.5 Å². The third kappa shape index (κ3) is 33.2. The van der Waals surface area contributed by atoms with Crippen molar-refractivity contribution in [1.82, 2.24) is 5.32 Å². The highest BCUT2D eigenvalue weighted by Gasteiger charge is 2.44. The van der Waals surface area contributed by atoms with Gasteiger partial charge in [-0.25, -0.2) is 0 Å². The van der Waals surface area contributed by atoms with E-state index < -0.39 is 74.2 Å². The van der Waals surface area contributed by atoms with E-state index in [1.54, 1.807) is 0 Å². The third-order valence-electron chi connectivity index (χ3n) is 13.5. The summed E-state index contributed by atoms with van der Waals surface area (Å²) in [6, 6.07) is -1.19. The topological polar surface area (TPSA) is 189 Å². The highest BCUT2D eigenvalue weighted by atomic mass is 16.7. The van der Waals surface area contributed by atoms with Crippen LogP contribution in [0.2, 0.25) is 0 Å². The Morgan fingerprint density at radius 3 is 1.30 bits per heavy atom. The van der Waals surface area contributed by atoms with Crippen molar-refractivity contribution in [3.8, 4) is 0 Å². The first-order valence-electron chi connectivity index (χ1n) is 27.7. The summed E-state index contributed by atoms with van der Waals surface area (Å²) >= 11 is 0. The molecular weight excluding hydrogens is 835 g/mol. The van der Waals surface area contributed by atoms with Crippen LogP contribution in [0.4, 0.5) is 0 Å². The Kier molecular flexibility index (Phi) is 42.5. The van der Waals surface area contributed by atoms with Crippen LogP contribution in [0.1, 0.15) is 251 Å². The summed E-state index contributed by atoms with van der Waals surface area (Å²) in [5.41, 5.74) is 0. The Morgan fingerprint density at radius 2 is 0.894 bits per heavy atom. The number of hydrogen-bond donors (Lipinski definition) is 8. The number of unbranched alkanes of at least 4 members (excludes halogenated alkanes) is 31. The molecule has 1 heterocycles. The van der Waals surface area contributed by atoms with Gasteiger partial charge in [-0.15, -0.1) is 0 Å². The zero-order valence-corrected chi connectivity index (χ0v) is 42.4. The van der Waals surface area contributed by atoms with Gasteiger partial charge in [0.25, 0.3) is 0 Å². The van der Waals surface area contributed by atoms with E-state index in [0.29, 0.717) is 12.8 Å². The van der Waals surface area contributed by atoms with E-state index in [0.717, 1.165) is 38.5 Å². The van der Waals surface area contributed by atoms with Crippen LogP contribution in [0.25, 0.3) is 0 Å². The van der Waals surface area contributed by atoms with E-state index in [4.69, 9.17) is 9.47 Å². The smallest absolute Gasteiger partial charge is 0.249 e. The number of hydrogen-bond acceptors (Lipinski definition) is 10. The van der Waals surface area contributed by atoms with Crippen molar-refractivity contribution in [1.29, 1.82) is 0 Å². The molecule has 11 nitrogen and oxygen atoms in total. The van der Waals surface area contributed by atoms with Crippen LogP contribution in [-0.4, -0.2) is 110 Å². The molecule has 8 N–H and O–H groups in total. The second-order valence-electron chi connectivity index (χ2n) is 19.6. The molecule has 1 aliphatic heterocycles. The molecule has 1 fully saturated rings. The molecule has 1 amide bonds. The van der Waals surface area contributed by atoms with Gasteiger partial charge in [-0.3, -0.25) is 4.79 Å². The molecule has 0 aromatic carbocycles. The molecule has 0 radical (unpaired) electrons. The second kappa shape index (κ2) is 44.8. The molecule has 66 heavy (non-hydrogen) atoms. The maximum Gasteiger partial charge on any atom is 0.249 e. The van der Waals surface area contributed by atoms with Crippen molar-refractivity contribution >= 4 is 5.91 Å². The number of carbonyl (C=O) groups excluding carboxylic acids is 1. The van der Waals surface area contributed by atoms with Crippen LogP contribution in [0.3, 0.4) is 0 Å². The predicted octanol–water partition coefficient (Wildman–Crippen LogP) is 11.0. The maximum absolute atomic E-state index is 13.1. The fraction of sp³-hybridized carbons (Fsp3) is 0.909. The average Bonchev–Trinajstić information content (AvgIpc) is 3.32. The number of carbonyl (C=O) groups is 1. The minimum absolute atomic E-state index is 0.224. The first kappa shape index (κ1) is 62.6. The second-order valence-corrected chi connectivity index (χ2v) is 19.6. The molecule has 390 valence electrons. The average molecular weight is 940 g/mol. The van der Waals surface area contributed by atoms with E-state index in [-0.39, 0.29) is 12.8 Å². The molecule has 9 atom stereocenters. The van der Waals surface area contributed by atoms with Crippen molar-refractivity contribution in [2.45, 2.75) is 306 Å². The number of rotatable bonds is 47. The number of amides is 1. The minimum atomic E-state index is -1.67. The van der Waals surface area contributed by atoms with Gasteiger partial charge in [-0.1, -0.05) is 212 Å². The molecular formula is C55H105NO10. The molecule has 9 unspecified atom stereocenters. The largest absolute Gasteiger partial charge is 0.394 e. The number of allylic oxidation sites excluding steroid dienone is 4. The molecule has 0 aromatic heterocycles. The van der Waals surface area contributed by atoms with E-state index in [9.17, 15) is 40.5 Å². The summed E-state index contributed by atoms with van der Waals surface area (Å²) in [5, 5.41) is 75.8. The molecule has 1 aliphatic rings. The van der Waals surface area contributed by atoms with Crippen molar-refractivity contribution in [3.63, 3.8) is 0 Å². The Morgan fingerprint density at radius 1 is 0.515 bits per heavy atom. The summed E-state index contributed by atoms with van der Waals surface area (Å²) in [6.45, 7) is 3.42. The van der Waals surface area contributed by atoms with Gasteiger partial charge in [-0.2, -0.15) is 0 Å². The minimum Gasteiger partial charge on any atom is -0.394 e. The first-order valence-corrected chi connectivity index (χ1v) is 27.7. The summed E-state index contributed by atoms with van der Waals surface area (Å²) < 4.78 is 11.1. The van der Waals surface area contributed by atoms with Crippen molar-refractivity contribution in [2.75, 3.05) is 13.2 Å². The van der Waals surface area contributed by atoms with Crippen LogP contribution in [0.5, 0.6) is 0 Å². The van der Waals surface area contributed by atoms with Gasteiger partial charge in [0.15, 0.2) is 6.29 Å². The Labute approximate surface area is 404 Å². The lowest BCUT2D eigenvalue weighted by atomic mass is 9.98. The van der Waals surface area contributed by atoms with Gasteiger partial charge in [0, 0.05) is 0 Å². The molecule has 0 bridgehead atoms. The van der Waals surface area contributed by atoms with Gasteiger partial charge in [0.1, 0.15) is 36.6 Å². The lowest BCUT2D eigenvalue weighted by Crippen LogP contribution is -2.60. The molecule has 0 spiro atoms. The summed E-state index contributed by atoms with van der Waals surface area (Å²) in [4.78, 5) is 13.1. The van der Waals surface area contributed by atoms with Crippen LogP contribution in [0.15, 0.2) is 24.3 Å². The fourth-order valence-electron chi connectivity index (χ4n) is 8.91. The van der Waals surface area contributed by atoms with Crippen LogP contribution in [-0.2, 0) is 14.3 Å². The number of ether oxygens (including phenoxy) is 2. The zero-order chi connectivity index (χ0) is 48.3. The molecule has 1 saturated heterocycles. The van der Waals surface area contributed by atoms with Crippen LogP contribution >= 0.6 is 0 Å². The standard InChI is InChI=1S/C55H105NO10/c1-3-5-7-9-11-13-15-17-18-19-20-21-22-23-24-25-26-27-28-29-30-31-33-34-36-38-40-42-47(58)50(60)46(45-65-55-53(63)52(62)51(61)49(44-57)66-55)56-54(64)48(59)43-41-39-37-35-32-16-14-12-10-8-6-4-2/h32,34-36,46-53,55,57-63H,3-31,33,37-45H2,1-2H3,(H,56,64)/b35-32-,36-34+. The quantitative estimate of drug-likeness (QED) is 0.0215. The molecule has 0 saturated carbocycles. The SMILES string of the molecule is CCCCCCCC/C=C\CCCCC(O)C(=O)NC(COC1OC(CO)C(O)C(O)C1O)C(O)C(O)CCC/C=C/CCCCCCCCCCCCCCCCCCCCCCCC. The highest BCUT2D eigenvalue weighted by Crippen LogP contribution is 2.23. The van der Waals surface area contributed by atoms with Gasteiger partial charge in [0.05, 0.1) is 25.4 Å². The van der Waals surface area contributed by atoms with Crippen molar-refractivity contribution in [3.05, 3.63) is 24.3 Å². The summed E-state index contributed by atoms with van der Waals surface area (Å²) in [5.74, 6) is -0.722. The van der Waals surface area contributed by atoms with Crippen molar-refractivity contribution < 1.29 is 50.0 Å². The molecule has 0 aromatic rings. The lowest BCUT2D eigenvalue weighted by Gasteiger charge is -2.40. The first-order chi connectivity index (χ1) is 32.2. The van der Waals surface area contributed by atoms with Gasteiger partial charge in [0.2, 0.25) is 5.91 Å². The van der Waals surface area contributed by atoms with Gasteiger partial charge in [-0.05, 0) is 64.2 Å². The Hall–Kier alpha value is -1.41. The Bertz CT molecular complexity index is 1120. The van der Waals surface area contributed by atoms with E-state index in [1.807, 2.05) is 0 Å². The van der Waals surface area contributed by atoms with Gasteiger partial charge >= 0.3 is 0 Å². The van der Waals surface area contributed by atoms with Crippen LogP contribution < -0.4 is 5.32 Å². The zero-order valence-electron chi connectivity index (χ0n) is 42.4. The number of aliphatic hydroxyl groups is 7. The molecule has 1 rings (SSSR count). The predicted molar refractivity (Wildman–Crippen MR) is 270 cm³/mol.